The van der Waals surface area contributed by atoms with E-state index in [0.29, 0.717) is 31.9 Å². The van der Waals surface area contributed by atoms with Gasteiger partial charge in [-0.1, -0.05) is 6.07 Å². The molecule has 1 saturated heterocycles. The zero-order chi connectivity index (χ0) is 14.1. The van der Waals surface area contributed by atoms with Crippen molar-refractivity contribution in [1.82, 2.24) is 19.2 Å². The summed E-state index contributed by atoms with van der Waals surface area (Å²) in [5.41, 5.74) is 1.37. The lowest BCUT2D eigenvalue weighted by Crippen LogP contribution is -2.50. The van der Waals surface area contributed by atoms with Crippen LogP contribution in [0, 0.1) is 0 Å². The Kier molecular flexibility index (Phi) is 3.14. The first-order valence-electron chi connectivity index (χ1n) is 6.63. The van der Waals surface area contributed by atoms with Crippen molar-refractivity contribution in [2.75, 3.05) is 26.2 Å². The number of carbonyl (C=O) groups is 2. The molecular formula is C14H16N4O2. The van der Waals surface area contributed by atoms with E-state index in [9.17, 15) is 9.59 Å². The molecule has 0 spiro atoms. The van der Waals surface area contributed by atoms with Crippen LogP contribution >= 0.6 is 0 Å². The fourth-order valence-electron chi connectivity index (χ4n) is 2.51. The number of fused-ring (bicyclic) bond motifs is 1. The molecule has 2 aromatic rings. The first-order valence-corrected chi connectivity index (χ1v) is 6.63. The Labute approximate surface area is 116 Å². The van der Waals surface area contributed by atoms with Gasteiger partial charge in [-0.2, -0.15) is 0 Å². The number of hydrogen-bond donors (Lipinski definition) is 0. The molecule has 1 aliphatic rings. The first-order chi connectivity index (χ1) is 9.66. The second-order valence-electron chi connectivity index (χ2n) is 4.86. The molecule has 6 heteroatoms. The molecule has 0 aromatic carbocycles. The zero-order valence-electron chi connectivity index (χ0n) is 11.3. The standard InChI is InChI=1S/C14H16N4O2/c1-11(19)16-7-9-17(10-8-16)14(20)12-3-2-4-13-15-5-6-18(12)13/h2-6H,7-10H2,1H3. The minimum Gasteiger partial charge on any atom is -0.339 e. The summed E-state index contributed by atoms with van der Waals surface area (Å²) < 4.78 is 1.79. The molecule has 20 heavy (non-hydrogen) atoms. The van der Waals surface area contributed by atoms with Crippen molar-refractivity contribution < 1.29 is 9.59 Å². The summed E-state index contributed by atoms with van der Waals surface area (Å²) in [6.45, 7) is 3.90. The number of amides is 2. The average molecular weight is 272 g/mol. The van der Waals surface area contributed by atoms with Gasteiger partial charge >= 0.3 is 0 Å². The molecule has 0 radical (unpaired) electrons. The van der Waals surface area contributed by atoms with Crippen LogP contribution in [0.15, 0.2) is 30.6 Å². The molecule has 2 amide bonds. The number of aromatic nitrogens is 2. The normalized spacial score (nSPS) is 15.7. The smallest absolute Gasteiger partial charge is 0.271 e. The quantitative estimate of drug-likeness (QED) is 0.765. The van der Waals surface area contributed by atoms with Gasteiger partial charge in [0.1, 0.15) is 11.3 Å². The summed E-state index contributed by atoms with van der Waals surface area (Å²) in [5, 5.41) is 0. The van der Waals surface area contributed by atoms with Gasteiger partial charge in [0.25, 0.3) is 5.91 Å². The van der Waals surface area contributed by atoms with Gasteiger partial charge in [0.15, 0.2) is 0 Å². The number of carbonyl (C=O) groups excluding carboxylic acids is 2. The highest BCUT2D eigenvalue weighted by Crippen LogP contribution is 2.11. The second kappa shape index (κ2) is 4.96. The number of nitrogens with zero attached hydrogens (tertiary/aromatic N) is 4. The minimum atomic E-state index is -0.0168. The van der Waals surface area contributed by atoms with Crippen LogP contribution in [0.5, 0.6) is 0 Å². The summed E-state index contributed by atoms with van der Waals surface area (Å²) in [6.07, 6.45) is 3.47. The second-order valence-corrected chi connectivity index (χ2v) is 4.86. The van der Waals surface area contributed by atoms with E-state index in [0.717, 1.165) is 5.65 Å². The Hall–Kier alpha value is -2.37. The van der Waals surface area contributed by atoms with Crippen molar-refractivity contribution in [2.24, 2.45) is 0 Å². The van der Waals surface area contributed by atoms with Crippen molar-refractivity contribution in [3.8, 4) is 0 Å². The predicted molar refractivity (Wildman–Crippen MR) is 73.3 cm³/mol. The number of rotatable bonds is 1. The van der Waals surface area contributed by atoms with Gasteiger partial charge in [-0.25, -0.2) is 4.98 Å². The van der Waals surface area contributed by atoms with E-state index in [2.05, 4.69) is 4.98 Å². The van der Waals surface area contributed by atoms with Crippen molar-refractivity contribution in [2.45, 2.75) is 6.92 Å². The van der Waals surface area contributed by atoms with Gasteiger partial charge in [0.2, 0.25) is 5.91 Å². The monoisotopic (exact) mass is 272 g/mol. The van der Waals surface area contributed by atoms with Crippen LogP contribution in [-0.2, 0) is 4.79 Å². The molecule has 0 bridgehead atoms. The molecule has 0 N–H and O–H groups in total. The van der Waals surface area contributed by atoms with E-state index in [4.69, 9.17) is 0 Å². The fourth-order valence-corrected chi connectivity index (χ4v) is 2.51. The Morgan fingerprint density at radius 3 is 2.50 bits per heavy atom. The lowest BCUT2D eigenvalue weighted by Gasteiger charge is -2.34. The molecule has 1 aliphatic heterocycles. The summed E-state index contributed by atoms with van der Waals surface area (Å²) >= 11 is 0. The van der Waals surface area contributed by atoms with Crippen LogP contribution in [0.2, 0.25) is 0 Å². The van der Waals surface area contributed by atoms with Crippen LogP contribution in [0.25, 0.3) is 5.65 Å². The number of imidazole rings is 1. The Morgan fingerprint density at radius 1 is 1.10 bits per heavy atom. The van der Waals surface area contributed by atoms with E-state index >= 15 is 0 Å². The lowest BCUT2D eigenvalue weighted by molar-refractivity contribution is -0.130. The number of pyridine rings is 1. The van der Waals surface area contributed by atoms with Gasteiger partial charge in [0.05, 0.1) is 0 Å². The van der Waals surface area contributed by atoms with E-state index in [1.165, 1.54) is 0 Å². The molecule has 3 rings (SSSR count). The number of hydrogen-bond acceptors (Lipinski definition) is 3. The highest BCUT2D eigenvalue weighted by atomic mass is 16.2. The van der Waals surface area contributed by atoms with Crippen LogP contribution < -0.4 is 0 Å². The largest absolute Gasteiger partial charge is 0.339 e. The van der Waals surface area contributed by atoms with Gasteiger partial charge < -0.3 is 9.80 Å². The molecule has 0 unspecified atom stereocenters. The Balaban J connectivity index is 1.80. The summed E-state index contributed by atoms with van der Waals surface area (Å²) in [6, 6.07) is 5.50. The maximum Gasteiger partial charge on any atom is 0.271 e. The molecule has 104 valence electrons. The highest BCUT2D eigenvalue weighted by Gasteiger charge is 2.24. The van der Waals surface area contributed by atoms with E-state index in [-0.39, 0.29) is 11.8 Å². The van der Waals surface area contributed by atoms with E-state index in [1.807, 2.05) is 12.1 Å². The lowest BCUT2D eigenvalue weighted by atomic mass is 10.2. The van der Waals surface area contributed by atoms with E-state index in [1.54, 1.807) is 39.6 Å². The molecule has 3 heterocycles. The maximum atomic E-state index is 12.6. The minimum absolute atomic E-state index is 0.0168. The third kappa shape index (κ3) is 2.13. The molecule has 1 fully saturated rings. The van der Waals surface area contributed by atoms with Gasteiger partial charge in [-0.15, -0.1) is 0 Å². The first kappa shape index (κ1) is 12.7. The topological polar surface area (TPSA) is 57.9 Å². The number of piperazine rings is 1. The third-order valence-corrected chi connectivity index (χ3v) is 3.66. The average Bonchev–Trinajstić information content (AvgIpc) is 2.95. The SMILES string of the molecule is CC(=O)N1CCN(C(=O)c2cccc3nccn23)CC1. The van der Waals surface area contributed by atoms with Crippen LogP contribution in [0.1, 0.15) is 17.4 Å². The Morgan fingerprint density at radius 2 is 1.80 bits per heavy atom. The van der Waals surface area contributed by atoms with Gasteiger partial charge in [-0.05, 0) is 12.1 Å². The van der Waals surface area contributed by atoms with Gasteiger partial charge in [-0.3, -0.25) is 14.0 Å². The molecular weight excluding hydrogens is 256 g/mol. The zero-order valence-corrected chi connectivity index (χ0v) is 11.3. The summed E-state index contributed by atoms with van der Waals surface area (Å²) in [5.74, 6) is 0.0469. The van der Waals surface area contributed by atoms with Gasteiger partial charge in [0, 0.05) is 45.5 Å². The Bertz CT molecular complexity index is 656. The van der Waals surface area contributed by atoms with Crippen LogP contribution in [-0.4, -0.2) is 57.2 Å². The highest BCUT2D eigenvalue weighted by molar-refractivity contribution is 5.93. The molecule has 0 atom stereocenters. The van der Waals surface area contributed by atoms with Crippen molar-refractivity contribution in [3.63, 3.8) is 0 Å². The van der Waals surface area contributed by atoms with E-state index < -0.39 is 0 Å². The summed E-state index contributed by atoms with van der Waals surface area (Å²) in [4.78, 5) is 31.6. The molecule has 6 nitrogen and oxygen atoms in total. The molecule has 0 aliphatic carbocycles. The fraction of sp³-hybridized carbons (Fsp3) is 0.357. The van der Waals surface area contributed by atoms with Crippen molar-refractivity contribution in [3.05, 3.63) is 36.3 Å². The van der Waals surface area contributed by atoms with Crippen molar-refractivity contribution in [1.29, 1.82) is 0 Å². The van der Waals surface area contributed by atoms with Crippen molar-refractivity contribution >= 4 is 17.5 Å². The maximum absolute atomic E-state index is 12.6. The molecule has 0 saturated carbocycles. The van der Waals surface area contributed by atoms with Crippen LogP contribution in [0.3, 0.4) is 0 Å². The predicted octanol–water partition coefficient (Wildman–Crippen LogP) is 0.639. The molecule has 2 aromatic heterocycles. The van der Waals surface area contributed by atoms with Crippen LogP contribution in [0.4, 0.5) is 0 Å². The third-order valence-electron chi connectivity index (χ3n) is 3.66. The summed E-state index contributed by atoms with van der Waals surface area (Å²) in [7, 11) is 0.